The van der Waals surface area contributed by atoms with Gasteiger partial charge in [-0.25, -0.2) is 0 Å². The smallest absolute Gasteiger partial charge is 0.300 e. The molecule has 0 aromatic rings. The molecule has 1 radical (unpaired) electrons. The zero-order valence-corrected chi connectivity index (χ0v) is 17.9. The van der Waals surface area contributed by atoms with Crippen molar-refractivity contribution < 1.29 is 107 Å². The summed E-state index contributed by atoms with van der Waals surface area (Å²) in [6, 6.07) is 0. The summed E-state index contributed by atoms with van der Waals surface area (Å²) in [5.74, 6) is -8.29. The van der Waals surface area contributed by atoms with E-state index in [0.29, 0.717) is 0 Å². The number of Topliss-reactive ketones (excluding diaryl/α,β-unsaturated/α-hetero) is 6. The minimum Gasteiger partial charge on any atom is -0.300 e. The van der Waals surface area contributed by atoms with Crippen molar-refractivity contribution in [3.63, 3.8) is 0 Å². The SMILES string of the molecule is CC(=O)CC(=O)C(F)(F)F.CC(=O)CC(=O)C(F)(F)F.CC(=O)CC(=O)C(F)(F)F.[Tb]. The summed E-state index contributed by atoms with van der Waals surface area (Å²) in [6.45, 7) is 2.80. The first-order valence-electron chi connectivity index (χ1n) is 7.30. The molecular formula is C15H15F9O6Tb. The fourth-order valence-electron chi connectivity index (χ4n) is 0.979. The molecule has 31 heavy (non-hydrogen) atoms. The van der Waals surface area contributed by atoms with Crippen LogP contribution in [0.3, 0.4) is 0 Å². The molecule has 6 nitrogen and oxygen atoms in total. The van der Waals surface area contributed by atoms with Gasteiger partial charge in [-0.1, -0.05) is 0 Å². The molecule has 0 fully saturated rings. The molecule has 0 spiro atoms. The molecule has 0 heterocycles. The number of ketones is 6. The Morgan fingerprint density at radius 3 is 0.613 bits per heavy atom. The Bertz CT molecular complexity index is 573. The van der Waals surface area contributed by atoms with E-state index in [2.05, 4.69) is 0 Å². The fraction of sp³-hybridized carbons (Fsp3) is 0.600. The summed E-state index contributed by atoms with van der Waals surface area (Å²) in [6.07, 6.45) is -17.8. The van der Waals surface area contributed by atoms with Crippen LogP contribution in [0.25, 0.3) is 0 Å². The van der Waals surface area contributed by atoms with Crippen molar-refractivity contribution in [3.8, 4) is 0 Å². The molecule has 0 aliphatic carbocycles. The maximum Gasteiger partial charge on any atom is 0.450 e. The summed E-state index contributed by atoms with van der Waals surface area (Å²) >= 11 is 0. The molecule has 0 N–H and O–H groups in total. The van der Waals surface area contributed by atoms with Crippen molar-refractivity contribution in [2.75, 3.05) is 0 Å². The average molecular weight is 621 g/mol. The third kappa shape index (κ3) is 24.8. The largest absolute Gasteiger partial charge is 0.450 e. The summed E-state index contributed by atoms with van der Waals surface area (Å²) in [5, 5.41) is 0. The number of hydrogen-bond donors (Lipinski definition) is 0. The van der Waals surface area contributed by atoms with Gasteiger partial charge in [-0.2, -0.15) is 39.5 Å². The molecule has 0 atom stereocenters. The van der Waals surface area contributed by atoms with Crippen LogP contribution in [0.5, 0.6) is 0 Å². The van der Waals surface area contributed by atoms with Crippen LogP contribution in [0.2, 0.25) is 0 Å². The zero-order valence-electron chi connectivity index (χ0n) is 15.8. The van der Waals surface area contributed by atoms with Crippen molar-refractivity contribution in [3.05, 3.63) is 0 Å². The Hall–Kier alpha value is -1.32. The number of halogens is 9. The Labute approximate surface area is 199 Å². The summed E-state index contributed by atoms with van der Waals surface area (Å²) in [7, 11) is 0. The maximum absolute atomic E-state index is 11.3. The van der Waals surface area contributed by atoms with Gasteiger partial charge in [0.05, 0.1) is 19.3 Å². The van der Waals surface area contributed by atoms with Crippen LogP contribution >= 0.6 is 0 Å². The molecule has 0 rings (SSSR count). The zero-order chi connectivity index (χ0) is 25.1. The summed E-state index contributed by atoms with van der Waals surface area (Å²) in [4.78, 5) is 59.7. The number of alkyl halides is 9. The fourth-order valence-corrected chi connectivity index (χ4v) is 0.979. The van der Waals surface area contributed by atoms with Crippen LogP contribution in [0, 0.1) is 38.6 Å². The number of rotatable bonds is 6. The Kier molecular flexibility index (Phi) is 18.5. The van der Waals surface area contributed by atoms with E-state index in [4.69, 9.17) is 0 Å². The topological polar surface area (TPSA) is 102 Å². The molecule has 16 heteroatoms. The molecule has 0 saturated heterocycles. The Morgan fingerprint density at radius 2 is 0.581 bits per heavy atom. The van der Waals surface area contributed by atoms with E-state index in [1.165, 1.54) is 0 Å². The molecular weight excluding hydrogens is 606 g/mol. The normalized spacial score (nSPS) is 10.8. The van der Waals surface area contributed by atoms with Gasteiger partial charge in [-0.05, 0) is 20.8 Å². The summed E-state index contributed by atoms with van der Waals surface area (Å²) < 4.78 is 102. The molecule has 0 aliphatic heterocycles. The first-order valence-corrected chi connectivity index (χ1v) is 7.30. The van der Waals surface area contributed by atoms with Crippen molar-refractivity contribution in [2.24, 2.45) is 0 Å². The maximum atomic E-state index is 11.3. The van der Waals surface area contributed by atoms with Crippen LogP contribution in [-0.4, -0.2) is 53.2 Å². The van der Waals surface area contributed by atoms with E-state index >= 15 is 0 Å². The van der Waals surface area contributed by atoms with E-state index < -0.39 is 72.5 Å². The van der Waals surface area contributed by atoms with Crippen LogP contribution < -0.4 is 0 Å². The minimum absolute atomic E-state index is 0. The van der Waals surface area contributed by atoms with Gasteiger partial charge in [0.15, 0.2) is 0 Å². The van der Waals surface area contributed by atoms with Gasteiger partial charge in [0.25, 0.3) is 0 Å². The molecule has 0 unspecified atom stereocenters. The Morgan fingerprint density at radius 1 is 0.452 bits per heavy atom. The molecule has 0 amide bonds. The van der Waals surface area contributed by atoms with Crippen LogP contribution in [0.4, 0.5) is 39.5 Å². The monoisotopic (exact) mass is 621 g/mol. The van der Waals surface area contributed by atoms with Crippen molar-refractivity contribution in [1.29, 1.82) is 0 Å². The van der Waals surface area contributed by atoms with E-state index in [-0.39, 0.29) is 38.6 Å². The minimum atomic E-state index is -4.87. The molecule has 0 aromatic heterocycles. The van der Waals surface area contributed by atoms with Crippen LogP contribution in [0.15, 0.2) is 0 Å². The van der Waals surface area contributed by atoms with Crippen molar-refractivity contribution >= 4 is 34.7 Å². The summed E-state index contributed by atoms with van der Waals surface area (Å²) in [5.41, 5.74) is 0. The third-order valence-corrected chi connectivity index (χ3v) is 2.18. The van der Waals surface area contributed by atoms with E-state index in [1.807, 2.05) is 0 Å². The standard InChI is InChI=1S/3C5H5F3O2.Tb/c3*1-3(9)2-4(10)5(6,7)8;/h3*2H2,1H3;. The van der Waals surface area contributed by atoms with Gasteiger partial charge < -0.3 is 0 Å². The molecule has 0 bridgehead atoms. The molecule has 0 aliphatic rings. The second kappa shape index (κ2) is 15.5. The van der Waals surface area contributed by atoms with Gasteiger partial charge in [0, 0.05) is 38.6 Å². The van der Waals surface area contributed by atoms with Gasteiger partial charge in [-0.3, -0.25) is 28.8 Å². The van der Waals surface area contributed by atoms with E-state index in [1.54, 1.807) is 0 Å². The Balaban J connectivity index is -0.000000174. The third-order valence-electron chi connectivity index (χ3n) is 2.18. The van der Waals surface area contributed by atoms with Crippen molar-refractivity contribution in [2.45, 2.75) is 58.6 Å². The number of hydrogen-bond acceptors (Lipinski definition) is 6. The number of carbonyl (C=O) groups excluding carboxylic acids is 6. The van der Waals surface area contributed by atoms with Crippen LogP contribution in [0.1, 0.15) is 40.0 Å². The second-order valence-corrected chi connectivity index (χ2v) is 5.40. The van der Waals surface area contributed by atoms with Gasteiger partial charge in [-0.15, -0.1) is 0 Å². The van der Waals surface area contributed by atoms with E-state index in [9.17, 15) is 68.3 Å². The average Bonchev–Trinajstić information content (AvgIpc) is 2.43. The van der Waals surface area contributed by atoms with Gasteiger partial charge in [0.1, 0.15) is 17.3 Å². The molecule has 183 valence electrons. The molecule has 0 saturated carbocycles. The van der Waals surface area contributed by atoms with Crippen molar-refractivity contribution in [1.82, 2.24) is 0 Å². The predicted octanol–water partition coefficient (Wildman–Crippen LogP) is 3.29. The number of carbonyl (C=O) groups is 6. The quantitative estimate of drug-likeness (QED) is 0.334. The van der Waals surface area contributed by atoms with Gasteiger partial charge in [0.2, 0.25) is 17.3 Å². The van der Waals surface area contributed by atoms with E-state index in [0.717, 1.165) is 20.8 Å². The van der Waals surface area contributed by atoms with Gasteiger partial charge >= 0.3 is 18.5 Å². The predicted molar refractivity (Wildman–Crippen MR) is 79.1 cm³/mol. The second-order valence-electron chi connectivity index (χ2n) is 5.40. The van der Waals surface area contributed by atoms with Crippen LogP contribution in [-0.2, 0) is 28.8 Å². The first kappa shape index (κ1) is 37.0. The molecule has 0 aromatic carbocycles. The first-order chi connectivity index (χ1) is 13.0.